The van der Waals surface area contributed by atoms with Crippen molar-refractivity contribution < 1.29 is 18.3 Å². The van der Waals surface area contributed by atoms with Gasteiger partial charge < -0.3 is 10.1 Å². The summed E-state index contributed by atoms with van der Waals surface area (Å²) in [5, 5.41) is 2.62. The number of alkyl carbamates (subject to hydrolysis) is 1. The fourth-order valence-corrected chi connectivity index (χ4v) is 3.89. The summed E-state index contributed by atoms with van der Waals surface area (Å²) in [6.45, 7) is 0.405. The summed E-state index contributed by atoms with van der Waals surface area (Å²) in [5.74, 6) is -1.37. The number of rotatable bonds is 5. The molecule has 0 saturated heterocycles. The second-order valence-corrected chi connectivity index (χ2v) is 7.70. The van der Waals surface area contributed by atoms with Crippen LogP contribution in [0.2, 0.25) is 0 Å². The Hall–Kier alpha value is -2.99. The minimum Gasteiger partial charge on any atom is -0.449 e. The van der Waals surface area contributed by atoms with Crippen molar-refractivity contribution in [3.63, 3.8) is 0 Å². The maximum atomic E-state index is 13.5. The molecule has 0 atom stereocenters. The number of hydrogen-bond acceptors (Lipinski definition) is 2. The van der Waals surface area contributed by atoms with Crippen molar-refractivity contribution in [2.45, 2.75) is 5.92 Å². The van der Waals surface area contributed by atoms with Crippen molar-refractivity contribution in [3.05, 3.63) is 99.5 Å². The van der Waals surface area contributed by atoms with Gasteiger partial charge in [-0.25, -0.2) is 13.6 Å². The van der Waals surface area contributed by atoms with E-state index in [2.05, 4.69) is 45.5 Å². The number of ether oxygens (including phenoxy) is 1. The van der Waals surface area contributed by atoms with Crippen molar-refractivity contribution in [3.8, 4) is 11.1 Å². The highest BCUT2D eigenvalue weighted by atomic mass is 79.9. The highest BCUT2D eigenvalue weighted by Gasteiger charge is 2.28. The van der Waals surface area contributed by atoms with Crippen LogP contribution in [0, 0.1) is 11.6 Å². The highest BCUT2D eigenvalue weighted by molar-refractivity contribution is 9.10. The second-order valence-electron chi connectivity index (χ2n) is 6.91. The third-order valence-corrected chi connectivity index (χ3v) is 5.78. The van der Waals surface area contributed by atoms with Gasteiger partial charge in [0, 0.05) is 12.5 Å². The number of benzene rings is 3. The van der Waals surface area contributed by atoms with E-state index < -0.39 is 17.7 Å². The number of carbonyl (C=O) groups excluding carboxylic acids is 1. The monoisotopic (exact) mass is 469 g/mol. The van der Waals surface area contributed by atoms with Gasteiger partial charge in [-0.05, 0) is 55.9 Å². The Morgan fingerprint density at radius 3 is 2.17 bits per heavy atom. The number of carbonyl (C=O) groups is 1. The van der Waals surface area contributed by atoms with Gasteiger partial charge in [-0.3, -0.25) is 0 Å². The molecular formula is C24H18BrF2NO2. The van der Waals surface area contributed by atoms with Crippen molar-refractivity contribution in [2.75, 3.05) is 13.2 Å². The van der Waals surface area contributed by atoms with Crippen molar-refractivity contribution in [1.82, 2.24) is 5.32 Å². The van der Waals surface area contributed by atoms with Crippen molar-refractivity contribution >= 4 is 28.1 Å². The van der Waals surface area contributed by atoms with Gasteiger partial charge in [-0.1, -0.05) is 60.7 Å². The Morgan fingerprint density at radius 2 is 1.57 bits per heavy atom. The standard InChI is InChI=1S/C24H18BrF2NO2/c25-23-21(26)12-15(13-22(23)27)6-5-11-28-24(29)30-14-20-18-9-3-1-7-16(18)17-8-2-4-10-19(17)20/h1-10,12-13,20H,11,14H2,(H,28,29). The van der Waals surface area contributed by atoms with E-state index in [9.17, 15) is 13.6 Å². The molecule has 4 rings (SSSR count). The quantitative estimate of drug-likeness (QED) is 0.446. The van der Waals surface area contributed by atoms with Crippen LogP contribution in [0.5, 0.6) is 0 Å². The Bertz CT molecular complexity index is 1060. The molecule has 0 radical (unpaired) electrons. The molecule has 152 valence electrons. The van der Waals surface area contributed by atoms with Gasteiger partial charge in [0.15, 0.2) is 0 Å². The molecule has 0 aliphatic heterocycles. The molecule has 3 nitrogen and oxygen atoms in total. The number of nitrogens with one attached hydrogen (secondary N) is 1. The van der Waals surface area contributed by atoms with Crippen LogP contribution in [0.3, 0.4) is 0 Å². The van der Waals surface area contributed by atoms with Gasteiger partial charge in [0.2, 0.25) is 0 Å². The van der Waals surface area contributed by atoms with Gasteiger partial charge in [0.25, 0.3) is 0 Å². The average Bonchev–Trinajstić information content (AvgIpc) is 3.07. The zero-order chi connectivity index (χ0) is 21.1. The summed E-state index contributed by atoms with van der Waals surface area (Å²) < 4.78 is 32.3. The maximum absolute atomic E-state index is 13.5. The van der Waals surface area contributed by atoms with E-state index in [0.717, 1.165) is 11.1 Å². The van der Waals surface area contributed by atoms with Gasteiger partial charge in [-0.15, -0.1) is 0 Å². The van der Waals surface area contributed by atoms with Crippen LogP contribution in [0.1, 0.15) is 22.6 Å². The normalized spacial score (nSPS) is 12.6. The fourth-order valence-electron chi connectivity index (χ4n) is 3.66. The lowest BCUT2D eigenvalue weighted by atomic mass is 9.98. The lowest BCUT2D eigenvalue weighted by molar-refractivity contribution is 0.144. The Labute approximate surface area is 181 Å². The third kappa shape index (κ3) is 4.14. The summed E-state index contributed by atoms with van der Waals surface area (Å²) in [5.41, 5.74) is 4.98. The van der Waals surface area contributed by atoms with Gasteiger partial charge in [0.05, 0.1) is 4.47 Å². The minimum absolute atomic E-state index is 0.00703. The molecule has 1 amide bonds. The first-order valence-electron chi connectivity index (χ1n) is 9.44. The highest BCUT2D eigenvalue weighted by Crippen LogP contribution is 2.44. The predicted octanol–water partition coefficient (Wildman–Crippen LogP) is 6.28. The molecule has 1 aliphatic rings. The summed E-state index contributed by atoms with van der Waals surface area (Å²) in [7, 11) is 0. The molecule has 0 bridgehead atoms. The molecule has 3 aromatic rings. The molecule has 0 saturated carbocycles. The van der Waals surface area contributed by atoms with Gasteiger partial charge in [-0.2, -0.15) is 0 Å². The molecule has 6 heteroatoms. The molecule has 0 spiro atoms. The molecule has 0 heterocycles. The molecule has 1 aliphatic carbocycles. The van der Waals surface area contributed by atoms with Crippen LogP contribution in [0.4, 0.5) is 13.6 Å². The first-order chi connectivity index (χ1) is 14.5. The summed E-state index contributed by atoms with van der Waals surface area (Å²) >= 11 is 2.83. The number of amides is 1. The zero-order valence-corrected chi connectivity index (χ0v) is 17.5. The average molecular weight is 470 g/mol. The summed E-state index contributed by atoms with van der Waals surface area (Å²) in [4.78, 5) is 12.1. The fraction of sp³-hybridized carbons (Fsp3) is 0.125. The van der Waals surface area contributed by atoms with Crippen LogP contribution in [0.25, 0.3) is 17.2 Å². The van der Waals surface area contributed by atoms with E-state index in [0.29, 0.717) is 5.56 Å². The lowest BCUT2D eigenvalue weighted by Gasteiger charge is -2.14. The van der Waals surface area contributed by atoms with Crippen LogP contribution < -0.4 is 5.32 Å². The van der Waals surface area contributed by atoms with Crippen LogP contribution in [-0.2, 0) is 4.74 Å². The van der Waals surface area contributed by atoms with E-state index in [-0.39, 0.29) is 23.5 Å². The molecule has 1 N–H and O–H groups in total. The summed E-state index contributed by atoms with van der Waals surface area (Å²) in [6.07, 6.45) is 2.58. The van der Waals surface area contributed by atoms with Crippen LogP contribution >= 0.6 is 15.9 Å². The van der Waals surface area contributed by atoms with Crippen molar-refractivity contribution in [2.24, 2.45) is 0 Å². The SMILES string of the molecule is O=C(NCC=Cc1cc(F)c(Br)c(F)c1)OCC1c2ccccc2-c2ccccc21. The minimum atomic E-state index is -0.681. The Balaban J connectivity index is 1.34. The zero-order valence-electron chi connectivity index (χ0n) is 15.9. The van der Waals surface area contributed by atoms with Gasteiger partial charge >= 0.3 is 6.09 Å². The van der Waals surface area contributed by atoms with Gasteiger partial charge in [0.1, 0.15) is 18.2 Å². The van der Waals surface area contributed by atoms with Crippen LogP contribution in [-0.4, -0.2) is 19.2 Å². The number of hydrogen-bond donors (Lipinski definition) is 1. The molecule has 0 fully saturated rings. The van der Waals surface area contributed by atoms with Crippen molar-refractivity contribution in [1.29, 1.82) is 0 Å². The van der Waals surface area contributed by atoms with E-state index in [1.54, 1.807) is 6.08 Å². The first-order valence-corrected chi connectivity index (χ1v) is 10.2. The largest absolute Gasteiger partial charge is 0.449 e. The first kappa shape index (κ1) is 20.3. The van der Waals surface area contributed by atoms with E-state index in [1.165, 1.54) is 29.3 Å². The molecular weight excluding hydrogens is 452 g/mol. The Morgan fingerprint density at radius 1 is 1.00 bits per heavy atom. The predicted molar refractivity (Wildman–Crippen MR) is 116 cm³/mol. The molecule has 3 aromatic carbocycles. The molecule has 0 aromatic heterocycles. The smallest absolute Gasteiger partial charge is 0.407 e. The number of halogens is 3. The summed E-state index contributed by atoms with van der Waals surface area (Å²) in [6, 6.07) is 18.6. The molecule has 30 heavy (non-hydrogen) atoms. The van der Waals surface area contributed by atoms with E-state index in [1.807, 2.05) is 24.3 Å². The maximum Gasteiger partial charge on any atom is 0.407 e. The lowest BCUT2D eigenvalue weighted by Crippen LogP contribution is -2.26. The molecule has 0 unspecified atom stereocenters. The van der Waals surface area contributed by atoms with E-state index >= 15 is 0 Å². The Kier molecular flexibility index (Phi) is 5.95. The second kappa shape index (κ2) is 8.79. The third-order valence-electron chi connectivity index (χ3n) is 5.02. The van der Waals surface area contributed by atoms with E-state index in [4.69, 9.17) is 4.74 Å². The van der Waals surface area contributed by atoms with Crippen LogP contribution in [0.15, 0.2) is 71.2 Å². The topological polar surface area (TPSA) is 38.3 Å². The number of fused-ring (bicyclic) bond motifs is 3.